The van der Waals surface area contributed by atoms with Gasteiger partial charge in [-0.1, -0.05) is 11.6 Å². The lowest BCUT2D eigenvalue weighted by Crippen LogP contribution is -2.18. The number of hydrogen-bond donors (Lipinski definition) is 1. The Morgan fingerprint density at radius 2 is 1.78 bits per heavy atom. The fourth-order valence-corrected chi connectivity index (χ4v) is 2.95. The second-order valence-electron chi connectivity index (χ2n) is 5.59. The van der Waals surface area contributed by atoms with Crippen molar-refractivity contribution < 1.29 is 0 Å². The molecule has 0 aliphatic carbocycles. The largest absolute Gasteiger partial charge is 0.341 e. The summed E-state index contributed by atoms with van der Waals surface area (Å²) in [6.45, 7) is 2.07. The van der Waals surface area contributed by atoms with E-state index in [0.717, 1.165) is 27.5 Å². The van der Waals surface area contributed by atoms with Crippen LogP contribution in [0.25, 0.3) is 33.1 Å². The van der Waals surface area contributed by atoms with Crippen LogP contribution in [0.5, 0.6) is 0 Å². The number of aromatic amines is 1. The van der Waals surface area contributed by atoms with Crippen LogP contribution in [0.15, 0.2) is 53.6 Å². The van der Waals surface area contributed by atoms with Gasteiger partial charge in [0.05, 0.1) is 0 Å². The first kappa shape index (κ1) is 15.3. The summed E-state index contributed by atoms with van der Waals surface area (Å²) in [5.74, 6) is 0. The molecule has 0 spiro atoms. The Labute approximate surface area is 139 Å². The zero-order valence-corrected chi connectivity index (χ0v) is 13.6. The molecule has 4 nitrogen and oxygen atoms in total. The van der Waals surface area contributed by atoms with Crippen molar-refractivity contribution in [2.45, 2.75) is 6.92 Å². The molecule has 116 valence electrons. The van der Waals surface area contributed by atoms with E-state index in [9.17, 15) is 4.79 Å². The fraction of sp³-hybridized carbons (Fsp3) is 0.111. The second-order valence-corrected chi connectivity index (χ2v) is 5.59. The van der Waals surface area contributed by atoms with E-state index in [1.807, 2.05) is 18.2 Å². The Hall–Kier alpha value is -2.59. The zero-order valence-electron chi connectivity index (χ0n) is 12.8. The van der Waals surface area contributed by atoms with E-state index in [2.05, 4.69) is 35.1 Å². The monoisotopic (exact) mass is 325 g/mol. The van der Waals surface area contributed by atoms with Gasteiger partial charge in [-0.15, -0.1) is 12.4 Å². The number of nitrogens with zero attached hydrogens (tertiary/aromatic N) is 2. The maximum absolute atomic E-state index is 12.6. The minimum Gasteiger partial charge on any atom is -0.341 e. The predicted molar refractivity (Wildman–Crippen MR) is 96.3 cm³/mol. The molecule has 1 aromatic carbocycles. The Morgan fingerprint density at radius 1 is 1.04 bits per heavy atom. The van der Waals surface area contributed by atoms with Crippen LogP contribution in [0.3, 0.4) is 0 Å². The molecule has 1 N–H and O–H groups in total. The zero-order chi connectivity index (χ0) is 15.3. The predicted octanol–water partition coefficient (Wildman–Crippen LogP) is 3.81. The molecule has 0 atom stereocenters. The molecular weight excluding hydrogens is 310 g/mol. The average Bonchev–Trinajstić information content (AvgIpc) is 2.90. The highest BCUT2D eigenvalue weighted by atomic mass is 35.5. The van der Waals surface area contributed by atoms with Gasteiger partial charge >= 0.3 is 0 Å². The van der Waals surface area contributed by atoms with Gasteiger partial charge in [-0.3, -0.25) is 14.3 Å². The van der Waals surface area contributed by atoms with Crippen molar-refractivity contribution >= 4 is 34.3 Å². The van der Waals surface area contributed by atoms with Gasteiger partial charge in [0.15, 0.2) is 0 Å². The summed E-state index contributed by atoms with van der Waals surface area (Å²) in [7, 11) is 1.80. The molecule has 4 rings (SSSR count). The lowest BCUT2D eigenvalue weighted by Gasteiger charge is -2.06. The molecule has 5 heteroatoms. The molecular formula is C18H16ClN3O. The van der Waals surface area contributed by atoms with Crippen LogP contribution in [0.2, 0.25) is 0 Å². The molecule has 4 aromatic rings. The second kappa shape index (κ2) is 5.56. The molecule has 0 unspecified atom stereocenters. The first-order chi connectivity index (χ1) is 10.6. The van der Waals surface area contributed by atoms with Gasteiger partial charge in [-0.25, -0.2) is 0 Å². The first-order valence-corrected chi connectivity index (χ1v) is 7.17. The number of rotatable bonds is 1. The third-order valence-electron chi connectivity index (χ3n) is 4.12. The summed E-state index contributed by atoms with van der Waals surface area (Å²) >= 11 is 0. The molecule has 0 fully saturated rings. The SMILES string of the molecule is Cc1ccc2[nH]c3c(cc(-c4ccncc4)c(=O)n3C)c2c1.Cl. The summed E-state index contributed by atoms with van der Waals surface area (Å²) in [4.78, 5) is 20.0. The average molecular weight is 326 g/mol. The van der Waals surface area contributed by atoms with E-state index in [-0.39, 0.29) is 18.0 Å². The molecule has 0 aliphatic heterocycles. The standard InChI is InChI=1S/C18H15N3O.ClH/c1-11-3-4-16-14(9-11)15-10-13(12-5-7-19-8-6-12)18(22)21(2)17(15)20-16;/h3-10,20H,1-2H3;1H. The fourth-order valence-electron chi connectivity index (χ4n) is 2.95. The van der Waals surface area contributed by atoms with Crippen LogP contribution in [-0.4, -0.2) is 14.5 Å². The number of halogens is 1. The van der Waals surface area contributed by atoms with Crippen LogP contribution >= 0.6 is 12.4 Å². The maximum Gasteiger partial charge on any atom is 0.259 e. The van der Waals surface area contributed by atoms with Gasteiger partial charge < -0.3 is 4.98 Å². The van der Waals surface area contributed by atoms with Crippen molar-refractivity contribution in [3.8, 4) is 11.1 Å². The van der Waals surface area contributed by atoms with Crippen LogP contribution in [0.4, 0.5) is 0 Å². The number of benzene rings is 1. The molecule has 0 amide bonds. The molecule has 0 saturated heterocycles. The van der Waals surface area contributed by atoms with E-state index >= 15 is 0 Å². The summed E-state index contributed by atoms with van der Waals surface area (Å²) in [6, 6.07) is 12.0. The van der Waals surface area contributed by atoms with Crippen LogP contribution < -0.4 is 5.56 Å². The highest BCUT2D eigenvalue weighted by molar-refractivity contribution is 6.07. The Bertz CT molecular complexity index is 1060. The number of H-pyrrole nitrogens is 1. The maximum atomic E-state index is 12.6. The number of aryl methyl sites for hydroxylation is 2. The summed E-state index contributed by atoms with van der Waals surface area (Å²) < 4.78 is 1.68. The van der Waals surface area contributed by atoms with Gasteiger partial charge in [0.25, 0.3) is 5.56 Å². The quantitative estimate of drug-likeness (QED) is 0.578. The highest BCUT2D eigenvalue weighted by Crippen LogP contribution is 2.28. The molecule has 3 heterocycles. The molecule has 0 bridgehead atoms. The van der Waals surface area contributed by atoms with Gasteiger partial charge in [0.2, 0.25) is 0 Å². The van der Waals surface area contributed by atoms with E-state index in [0.29, 0.717) is 5.56 Å². The van der Waals surface area contributed by atoms with Crippen molar-refractivity contribution in [2.75, 3.05) is 0 Å². The highest BCUT2D eigenvalue weighted by Gasteiger charge is 2.13. The molecule has 3 aromatic heterocycles. The first-order valence-electron chi connectivity index (χ1n) is 7.17. The minimum absolute atomic E-state index is 0. The van der Waals surface area contributed by atoms with Crippen molar-refractivity contribution in [1.82, 2.24) is 14.5 Å². The van der Waals surface area contributed by atoms with Gasteiger partial charge in [0, 0.05) is 41.3 Å². The van der Waals surface area contributed by atoms with Crippen LogP contribution in [0.1, 0.15) is 5.56 Å². The van der Waals surface area contributed by atoms with Gasteiger partial charge in [0.1, 0.15) is 5.65 Å². The minimum atomic E-state index is -0.0121. The normalized spacial score (nSPS) is 10.9. The summed E-state index contributed by atoms with van der Waals surface area (Å²) in [5, 5.41) is 2.20. The number of pyridine rings is 2. The lowest BCUT2D eigenvalue weighted by atomic mass is 10.1. The molecule has 0 aliphatic rings. The molecule has 23 heavy (non-hydrogen) atoms. The van der Waals surface area contributed by atoms with Gasteiger partial charge in [-0.2, -0.15) is 0 Å². The van der Waals surface area contributed by atoms with Crippen LogP contribution in [-0.2, 0) is 7.05 Å². The third-order valence-corrected chi connectivity index (χ3v) is 4.12. The smallest absolute Gasteiger partial charge is 0.259 e. The molecule has 0 saturated carbocycles. The van der Waals surface area contributed by atoms with Gasteiger partial charge in [-0.05, 0) is 42.8 Å². The Morgan fingerprint density at radius 3 is 2.52 bits per heavy atom. The Balaban J connectivity index is 0.00000156. The van der Waals surface area contributed by atoms with Crippen LogP contribution in [0, 0.1) is 6.92 Å². The lowest BCUT2D eigenvalue weighted by molar-refractivity contribution is 0.896. The van der Waals surface area contributed by atoms with Crippen molar-refractivity contribution in [3.05, 3.63) is 64.7 Å². The number of hydrogen-bond acceptors (Lipinski definition) is 2. The summed E-state index contributed by atoms with van der Waals surface area (Å²) in [5.41, 5.74) is 4.67. The van der Waals surface area contributed by atoms with E-state index in [1.54, 1.807) is 24.0 Å². The van der Waals surface area contributed by atoms with E-state index in [1.165, 1.54) is 5.56 Å². The number of fused-ring (bicyclic) bond motifs is 3. The summed E-state index contributed by atoms with van der Waals surface area (Å²) in [6.07, 6.45) is 3.41. The topological polar surface area (TPSA) is 50.7 Å². The number of aromatic nitrogens is 3. The Kier molecular flexibility index (Phi) is 3.70. The van der Waals surface area contributed by atoms with Crippen molar-refractivity contribution in [3.63, 3.8) is 0 Å². The third kappa shape index (κ3) is 2.32. The van der Waals surface area contributed by atoms with Crippen molar-refractivity contribution in [2.24, 2.45) is 7.05 Å². The number of nitrogens with one attached hydrogen (secondary N) is 1. The van der Waals surface area contributed by atoms with Crippen molar-refractivity contribution in [1.29, 1.82) is 0 Å². The molecule has 0 radical (unpaired) electrons. The van der Waals surface area contributed by atoms with E-state index < -0.39 is 0 Å². The van der Waals surface area contributed by atoms with E-state index in [4.69, 9.17) is 0 Å².